The summed E-state index contributed by atoms with van der Waals surface area (Å²) in [5.41, 5.74) is 7.03. The molecule has 2 amide bonds. The SMILES string of the molecule is NC(=O)OCOc1c2n(ccc1=O)NCNC2=O. The van der Waals surface area contributed by atoms with Crippen molar-refractivity contribution < 1.29 is 19.1 Å². The first kappa shape index (κ1) is 11.8. The Kier molecular flexibility index (Phi) is 3.04. The fourth-order valence-electron chi connectivity index (χ4n) is 1.44. The molecule has 1 aliphatic rings. The number of amides is 2. The Morgan fingerprint density at radius 1 is 1.50 bits per heavy atom. The monoisotopic (exact) mass is 254 g/mol. The maximum absolute atomic E-state index is 11.6. The molecule has 0 unspecified atom stereocenters. The van der Waals surface area contributed by atoms with E-state index < -0.39 is 24.2 Å². The Morgan fingerprint density at radius 3 is 3.00 bits per heavy atom. The first-order valence-corrected chi connectivity index (χ1v) is 4.92. The van der Waals surface area contributed by atoms with E-state index in [2.05, 4.69) is 15.5 Å². The molecule has 9 nitrogen and oxygen atoms in total. The van der Waals surface area contributed by atoms with Gasteiger partial charge in [-0.3, -0.25) is 14.3 Å². The predicted octanol–water partition coefficient (Wildman–Crippen LogP) is -1.48. The van der Waals surface area contributed by atoms with Crippen LogP contribution in [0.5, 0.6) is 5.75 Å². The number of carbonyl (C=O) groups is 2. The molecule has 0 saturated heterocycles. The van der Waals surface area contributed by atoms with Gasteiger partial charge in [0.05, 0.1) is 0 Å². The highest BCUT2D eigenvalue weighted by Crippen LogP contribution is 2.13. The molecule has 0 aliphatic carbocycles. The van der Waals surface area contributed by atoms with Gasteiger partial charge in [-0.05, 0) is 0 Å². The molecule has 0 saturated carbocycles. The molecule has 1 aromatic heterocycles. The third-order valence-corrected chi connectivity index (χ3v) is 2.17. The van der Waals surface area contributed by atoms with Gasteiger partial charge in [0.25, 0.3) is 5.91 Å². The highest BCUT2D eigenvalue weighted by atomic mass is 16.7. The summed E-state index contributed by atoms with van der Waals surface area (Å²) in [6.07, 6.45) is 0.362. The van der Waals surface area contributed by atoms with E-state index >= 15 is 0 Å². The van der Waals surface area contributed by atoms with Crippen molar-refractivity contribution in [2.24, 2.45) is 5.73 Å². The summed E-state index contributed by atoms with van der Waals surface area (Å²) in [5.74, 6) is -0.691. The summed E-state index contributed by atoms with van der Waals surface area (Å²) < 4.78 is 10.6. The van der Waals surface area contributed by atoms with Gasteiger partial charge in [-0.1, -0.05) is 0 Å². The lowest BCUT2D eigenvalue weighted by molar-refractivity contribution is 0.0630. The first-order valence-electron chi connectivity index (χ1n) is 4.92. The topological polar surface area (TPSA) is 125 Å². The van der Waals surface area contributed by atoms with Crippen LogP contribution in [0.25, 0.3) is 0 Å². The number of rotatable bonds is 3. The average Bonchev–Trinajstić information content (AvgIpc) is 2.32. The number of carbonyl (C=O) groups excluding carboxylic acids is 2. The van der Waals surface area contributed by atoms with E-state index in [0.717, 1.165) is 0 Å². The van der Waals surface area contributed by atoms with E-state index in [0.29, 0.717) is 0 Å². The fraction of sp³-hybridized carbons (Fsp3) is 0.222. The van der Waals surface area contributed by atoms with Crippen LogP contribution in [0.3, 0.4) is 0 Å². The molecular weight excluding hydrogens is 244 g/mol. The number of hydrogen-bond acceptors (Lipinski definition) is 6. The van der Waals surface area contributed by atoms with Crippen LogP contribution in [-0.4, -0.2) is 30.1 Å². The second kappa shape index (κ2) is 4.65. The minimum absolute atomic E-state index is 0.00169. The third-order valence-electron chi connectivity index (χ3n) is 2.17. The minimum atomic E-state index is -1.04. The molecule has 0 spiro atoms. The Labute approximate surface area is 100 Å². The zero-order chi connectivity index (χ0) is 13.1. The molecule has 1 aromatic rings. The van der Waals surface area contributed by atoms with Gasteiger partial charge in [0.2, 0.25) is 18.0 Å². The number of pyridine rings is 1. The summed E-state index contributed by atoms with van der Waals surface area (Å²) in [5, 5.41) is 2.48. The van der Waals surface area contributed by atoms with Crippen molar-refractivity contribution >= 4 is 12.0 Å². The molecule has 0 bridgehead atoms. The van der Waals surface area contributed by atoms with Gasteiger partial charge in [-0.25, -0.2) is 4.79 Å². The number of aromatic nitrogens is 1. The van der Waals surface area contributed by atoms with Crippen molar-refractivity contribution in [3.05, 3.63) is 28.2 Å². The fourth-order valence-corrected chi connectivity index (χ4v) is 1.44. The van der Waals surface area contributed by atoms with E-state index in [-0.39, 0.29) is 18.1 Å². The highest BCUT2D eigenvalue weighted by Gasteiger charge is 2.23. The van der Waals surface area contributed by atoms with Crippen LogP contribution in [0.2, 0.25) is 0 Å². The number of fused-ring (bicyclic) bond motifs is 1. The second-order valence-corrected chi connectivity index (χ2v) is 3.29. The van der Waals surface area contributed by atoms with Crippen molar-refractivity contribution in [1.82, 2.24) is 9.99 Å². The number of nitrogens with zero attached hydrogens (tertiary/aromatic N) is 1. The zero-order valence-corrected chi connectivity index (χ0v) is 9.13. The smallest absolute Gasteiger partial charge is 0.407 e. The molecular formula is C9H10N4O5. The van der Waals surface area contributed by atoms with Gasteiger partial charge in [-0.2, -0.15) is 0 Å². The van der Waals surface area contributed by atoms with Gasteiger partial charge >= 0.3 is 6.09 Å². The Balaban J connectivity index is 2.30. The van der Waals surface area contributed by atoms with E-state index in [1.807, 2.05) is 0 Å². The maximum atomic E-state index is 11.6. The maximum Gasteiger partial charge on any atom is 0.407 e. The molecule has 0 fully saturated rings. The first-order chi connectivity index (χ1) is 8.59. The lowest BCUT2D eigenvalue weighted by Crippen LogP contribution is -2.43. The van der Waals surface area contributed by atoms with Crippen LogP contribution in [0.1, 0.15) is 10.5 Å². The van der Waals surface area contributed by atoms with Gasteiger partial charge in [0.15, 0.2) is 5.69 Å². The highest BCUT2D eigenvalue weighted by molar-refractivity contribution is 5.96. The Bertz CT molecular complexity index is 552. The normalized spacial score (nSPS) is 13.0. The van der Waals surface area contributed by atoms with E-state index in [9.17, 15) is 14.4 Å². The summed E-state index contributed by atoms with van der Waals surface area (Å²) in [6.45, 7) is -0.319. The van der Waals surface area contributed by atoms with Crippen molar-refractivity contribution in [2.75, 3.05) is 18.9 Å². The molecule has 4 N–H and O–H groups in total. The largest absolute Gasteiger partial charge is 0.451 e. The van der Waals surface area contributed by atoms with E-state index in [4.69, 9.17) is 10.5 Å². The number of nitrogens with two attached hydrogens (primary N) is 1. The number of ether oxygens (including phenoxy) is 2. The molecule has 1 aliphatic heterocycles. The minimum Gasteiger partial charge on any atom is -0.451 e. The van der Waals surface area contributed by atoms with Crippen molar-refractivity contribution in [3.8, 4) is 5.75 Å². The molecule has 2 rings (SSSR count). The van der Waals surface area contributed by atoms with Crippen molar-refractivity contribution in [1.29, 1.82) is 0 Å². The van der Waals surface area contributed by atoms with Gasteiger partial charge in [-0.15, -0.1) is 0 Å². The van der Waals surface area contributed by atoms with Gasteiger partial charge in [0, 0.05) is 12.3 Å². The van der Waals surface area contributed by atoms with Gasteiger partial charge in [0.1, 0.15) is 6.67 Å². The summed E-state index contributed by atoms with van der Waals surface area (Å²) in [6, 6.07) is 1.22. The Morgan fingerprint density at radius 2 is 2.28 bits per heavy atom. The number of hydrogen-bond donors (Lipinski definition) is 3. The summed E-state index contributed by atoms with van der Waals surface area (Å²) in [7, 11) is 0. The lowest BCUT2D eigenvalue weighted by atomic mass is 10.3. The predicted molar refractivity (Wildman–Crippen MR) is 58.6 cm³/mol. The van der Waals surface area contributed by atoms with Crippen LogP contribution < -0.4 is 26.6 Å². The quantitative estimate of drug-likeness (QED) is 0.565. The molecule has 9 heteroatoms. The van der Waals surface area contributed by atoms with Crippen LogP contribution in [-0.2, 0) is 4.74 Å². The molecule has 0 atom stereocenters. The van der Waals surface area contributed by atoms with Crippen LogP contribution >= 0.6 is 0 Å². The van der Waals surface area contributed by atoms with Gasteiger partial charge < -0.3 is 25.9 Å². The molecule has 96 valence electrons. The van der Waals surface area contributed by atoms with Crippen molar-refractivity contribution in [3.63, 3.8) is 0 Å². The number of nitrogens with one attached hydrogen (secondary N) is 2. The Hall–Kier alpha value is -2.71. The molecule has 2 heterocycles. The van der Waals surface area contributed by atoms with Crippen LogP contribution in [0, 0.1) is 0 Å². The summed E-state index contributed by atoms with van der Waals surface area (Å²) >= 11 is 0. The molecule has 18 heavy (non-hydrogen) atoms. The molecule has 0 radical (unpaired) electrons. The second-order valence-electron chi connectivity index (χ2n) is 3.29. The third kappa shape index (κ3) is 2.19. The summed E-state index contributed by atoms with van der Waals surface area (Å²) in [4.78, 5) is 33.6. The standard InChI is InChI=1S/C9H10N4O5/c10-9(16)18-4-17-7-5(14)1-2-13-6(7)8(15)11-3-12-13/h1-2,12H,3-4H2,(H2,10,16)(H,11,15). The number of primary amides is 1. The van der Waals surface area contributed by atoms with Crippen LogP contribution in [0.15, 0.2) is 17.1 Å². The van der Waals surface area contributed by atoms with E-state index in [1.165, 1.54) is 16.9 Å². The van der Waals surface area contributed by atoms with Crippen LogP contribution in [0.4, 0.5) is 4.79 Å². The lowest BCUT2D eigenvalue weighted by Gasteiger charge is -2.22. The molecule has 0 aromatic carbocycles. The zero-order valence-electron chi connectivity index (χ0n) is 9.13. The van der Waals surface area contributed by atoms with E-state index in [1.54, 1.807) is 0 Å². The van der Waals surface area contributed by atoms with Crippen molar-refractivity contribution in [2.45, 2.75) is 0 Å². The average molecular weight is 254 g/mol.